The Kier molecular flexibility index (Phi) is 4.45. The van der Waals surface area contributed by atoms with E-state index in [-0.39, 0.29) is 11.5 Å². The maximum atomic E-state index is 12.6. The van der Waals surface area contributed by atoms with Crippen molar-refractivity contribution in [3.8, 4) is 0 Å². The van der Waals surface area contributed by atoms with Crippen molar-refractivity contribution in [2.24, 2.45) is 0 Å². The van der Waals surface area contributed by atoms with Crippen LogP contribution >= 0.6 is 11.3 Å². The van der Waals surface area contributed by atoms with Crippen LogP contribution in [0.3, 0.4) is 0 Å². The zero-order valence-corrected chi connectivity index (χ0v) is 14.5. The standard InChI is InChI=1S/C15H19N7O2S/c23-12(18-15-19-17-10-25-15)9-20-5-7-21(8-6-20)13-14(24)22(4-3-16-13)11-1-2-11/h3-4,10-11H,1-2,5-9H2,(H,18,19,23). The number of amides is 1. The average Bonchev–Trinajstić information content (AvgIpc) is 3.33. The van der Waals surface area contributed by atoms with Crippen LogP contribution < -0.4 is 15.8 Å². The number of hydrogen-bond donors (Lipinski definition) is 1. The Labute approximate surface area is 148 Å². The number of anilines is 2. The van der Waals surface area contributed by atoms with Crippen molar-refractivity contribution in [2.75, 3.05) is 42.9 Å². The van der Waals surface area contributed by atoms with Crippen LogP contribution in [0.1, 0.15) is 18.9 Å². The van der Waals surface area contributed by atoms with Gasteiger partial charge in [0.05, 0.1) is 6.54 Å². The van der Waals surface area contributed by atoms with Crippen LogP contribution in [0.2, 0.25) is 0 Å². The summed E-state index contributed by atoms with van der Waals surface area (Å²) in [6.45, 7) is 3.10. The molecule has 0 spiro atoms. The molecule has 10 heteroatoms. The molecule has 2 fully saturated rings. The van der Waals surface area contributed by atoms with Crippen LogP contribution in [0.25, 0.3) is 0 Å². The third-order valence-electron chi connectivity index (χ3n) is 4.44. The molecule has 1 aliphatic carbocycles. The molecule has 1 amide bonds. The monoisotopic (exact) mass is 361 g/mol. The Balaban J connectivity index is 1.33. The highest BCUT2D eigenvalue weighted by Gasteiger charge is 2.27. The summed E-state index contributed by atoms with van der Waals surface area (Å²) in [6.07, 6.45) is 5.62. The van der Waals surface area contributed by atoms with Crippen LogP contribution in [0.5, 0.6) is 0 Å². The van der Waals surface area contributed by atoms with Crippen LogP contribution in [0, 0.1) is 0 Å². The molecule has 9 nitrogen and oxygen atoms in total. The summed E-state index contributed by atoms with van der Waals surface area (Å²) < 4.78 is 1.80. The second-order valence-electron chi connectivity index (χ2n) is 6.25. The summed E-state index contributed by atoms with van der Waals surface area (Å²) in [5.74, 6) is 0.423. The summed E-state index contributed by atoms with van der Waals surface area (Å²) in [4.78, 5) is 32.9. The Hall–Kier alpha value is -2.33. The highest BCUT2D eigenvalue weighted by atomic mass is 32.1. The van der Waals surface area contributed by atoms with Gasteiger partial charge in [0.2, 0.25) is 11.0 Å². The lowest BCUT2D eigenvalue weighted by atomic mass is 10.3. The molecule has 0 radical (unpaired) electrons. The molecule has 1 aliphatic heterocycles. The molecule has 25 heavy (non-hydrogen) atoms. The van der Waals surface area contributed by atoms with Crippen LogP contribution in [0.4, 0.5) is 10.9 Å². The highest BCUT2D eigenvalue weighted by molar-refractivity contribution is 7.13. The van der Waals surface area contributed by atoms with E-state index >= 15 is 0 Å². The first-order valence-corrected chi connectivity index (χ1v) is 9.19. The minimum absolute atomic E-state index is 0.00698. The number of rotatable bonds is 5. The van der Waals surface area contributed by atoms with Crippen LogP contribution in [-0.2, 0) is 4.79 Å². The lowest BCUT2D eigenvalue weighted by Gasteiger charge is -2.34. The van der Waals surface area contributed by atoms with Gasteiger partial charge in [-0.2, -0.15) is 0 Å². The predicted octanol–water partition coefficient (Wildman–Crippen LogP) is 0.190. The number of nitrogens with zero attached hydrogens (tertiary/aromatic N) is 6. The molecule has 2 aromatic rings. The van der Waals surface area contributed by atoms with Gasteiger partial charge in [-0.05, 0) is 12.8 Å². The van der Waals surface area contributed by atoms with E-state index in [0.717, 1.165) is 12.8 Å². The van der Waals surface area contributed by atoms with E-state index in [9.17, 15) is 9.59 Å². The minimum Gasteiger partial charge on any atom is -0.349 e. The third kappa shape index (κ3) is 3.69. The van der Waals surface area contributed by atoms with Gasteiger partial charge in [-0.25, -0.2) is 4.98 Å². The van der Waals surface area contributed by atoms with Crippen LogP contribution in [-0.4, -0.2) is 63.3 Å². The number of piperazine rings is 1. The first-order chi connectivity index (χ1) is 12.2. The predicted molar refractivity (Wildman–Crippen MR) is 94.0 cm³/mol. The van der Waals surface area contributed by atoms with Gasteiger partial charge in [-0.1, -0.05) is 11.3 Å². The normalized spacial score (nSPS) is 18.3. The van der Waals surface area contributed by atoms with Crippen LogP contribution in [0.15, 0.2) is 22.7 Å². The van der Waals surface area contributed by atoms with Crippen molar-refractivity contribution < 1.29 is 4.79 Å². The van der Waals surface area contributed by atoms with Gasteiger partial charge in [0.1, 0.15) is 5.51 Å². The number of carbonyl (C=O) groups is 1. The van der Waals surface area contributed by atoms with Gasteiger partial charge < -0.3 is 9.47 Å². The molecular formula is C15H19N7O2S. The molecule has 1 N–H and O–H groups in total. The van der Waals surface area contributed by atoms with Crippen molar-refractivity contribution in [1.29, 1.82) is 0 Å². The quantitative estimate of drug-likeness (QED) is 0.812. The van der Waals surface area contributed by atoms with E-state index in [1.807, 2.05) is 4.90 Å². The Bertz CT molecular complexity index is 794. The van der Waals surface area contributed by atoms with E-state index < -0.39 is 0 Å². The zero-order valence-electron chi connectivity index (χ0n) is 13.7. The minimum atomic E-state index is -0.0980. The first-order valence-electron chi connectivity index (χ1n) is 8.31. The zero-order chi connectivity index (χ0) is 17.2. The molecule has 132 valence electrons. The van der Waals surface area contributed by atoms with E-state index in [2.05, 4.69) is 25.4 Å². The van der Waals surface area contributed by atoms with Gasteiger partial charge in [-0.15, -0.1) is 10.2 Å². The third-order valence-corrected chi connectivity index (χ3v) is 5.04. The summed E-state index contributed by atoms with van der Waals surface area (Å²) in [5, 5.41) is 10.7. The van der Waals surface area contributed by atoms with E-state index in [4.69, 9.17) is 0 Å². The Morgan fingerprint density at radius 2 is 2.08 bits per heavy atom. The molecule has 4 rings (SSSR count). The fourth-order valence-electron chi connectivity index (χ4n) is 2.98. The Morgan fingerprint density at radius 1 is 1.28 bits per heavy atom. The molecule has 0 atom stereocenters. The Morgan fingerprint density at radius 3 is 2.76 bits per heavy atom. The largest absolute Gasteiger partial charge is 0.349 e. The summed E-state index contributed by atoms with van der Waals surface area (Å²) in [7, 11) is 0. The molecule has 1 saturated heterocycles. The second-order valence-corrected chi connectivity index (χ2v) is 7.08. The van der Waals surface area contributed by atoms with Crippen molar-refractivity contribution >= 4 is 28.2 Å². The van der Waals surface area contributed by atoms with Gasteiger partial charge in [0.25, 0.3) is 5.56 Å². The highest BCUT2D eigenvalue weighted by Crippen LogP contribution is 2.33. The number of hydrogen-bond acceptors (Lipinski definition) is 8. The number of aromatic nitrogens is 4. The summed E-state index contributed by atoms with van der Waals surface area (Å²) >= 11 is 1.29. The van der Waals surface area contributed by atoms with Crippen molar-refractivity contribution in [1.82, 2.24) is 24.6 Å². The molecule has 2 aliphatic rings. The molecule has 2 aromatic heterocycles. The summed E-state index contributed by atoms with van der Waals surface area (Å²) in [6, 6.07) is 0.347. The molecule has 0 bridgehead atoms. The van der Waals surface area contributed by atoms with Gasteiger partial charge >= 0.3 is 0 Å². The topological polar surface area (TPSA) is 96.2 Å². The van der Waals surface area contributed by atoms with E-state index in [1.165, 1.54) is 11.3 Å². The molecule has 1 saturated carbocycles. The maximum Gasteiger partial charge on any atom is 0.293 e. The molecule has 0 unspecified atom stereocenters. The molecule has 0 aromatic carbocycles. The molecule has 3 heterocycles. The first kappa shape index (κ1) is 16.2. The summed E-state index contributed by atoms with van der Waals surface area (Å²) in [5.41, 5.74) is 1.57. The van der Waals surface area contributed by atoms with Gasteiger partial charge in [-0.3, -0.25) is 19.8 Å². The second kappa shape index (κ2) is 6.89. The lowest BCUT2D eigenvalue weighted by molar-refractivity contribution is -0.117. The number of nitrogens with one attached hydrogen (secondary N) is 1. The van der Waals surface area contributed by atoms with Gasteiger partial charge in [0.15, 0.2) is 5.82 Å². The average molecular weight is 361 g/mol. The van der Waals surface area contributed by atoms with Gasteiger partial charge in [0, 0.05) is 44.6 Å². The smallest absolute Gasteiger partial charge is 0.293 e. The van der Waals surface area contributed by atoms with E-state index in [1.54, 1.807) is 22.5 Å². The SMILES string of the molecule is O=C(CN1CCN(c2nccn(C3CC3)c2=O)CC1)Nc1nncs1. The van der Waals surface area contributed by atoms with Crippen molar-refractivity contribution in [2.45, 2.75) is 18.9 Å². The fraction of sp³-hybridized carbons (Fsp3) is 0.533. The van der Waals surface area contributed by atoms with Crippen molar-refractivity contribution in [3.05, 3.63) is 28.3 Å². The molecular weight excluding hydrogens is 342 g/mol. The lowest BCUT2D eigenvalue weighted by Crippen LogP contribution is -2.50. The van der Waals surface area contributed by atoms with Crippen molar-refractivity contribution in [3.63, 3.8) is 0 Å². The maximum absolute atomic E-state index is 12.6. The fourth-order valence-corrected chi connectivity index (χ4v) is 3.44. The van der Waals surface area contributed by atoms with E-state index in [0.29, 0.717) is 49.7 Å². The number of carbonyl (C=O) groups excluding carboxylic acids is 1.